The van der Waals surface area contributed by atoms with Gasteiger partial charge in [0.15, 0.2) is 0 Å². The van der Waals surface area contributed by atoms with Crippen molar-refractivity contribution in [3.8, 4) is 0 Å². The van der Waals surface area contributed by atoms with Gasteiger partial charge in [-0.3, -0.25) is 0 Å². The fourth-order valence-corrected chi connectivity index (χ4v) is 2.55. The lowest BCUT2D eigenvalue weighted by molar-refractivity contribution is -0.140. The molecule has 2 nitrogen and oxygen atoms in total. The molecule has 0 fully saturated rings. The molecule has 1 heterocycles. The van der Waals surface area contributed by atoms with E-state index in [1.807, 2.05) is 6.92 Å². The van der Waals surface area contributed by atoms with Crippen molar-refractivity contribution in [3.63, 3.8) is 0 Å². The Labute approximate surface area is 127 Å². The van der Waals surface area contributed by atoms with Crippen LogP contribution in [0.2, 0.25) is 5.02 Å². The zero-order valence-electron chi connectivity index (χ0n) is 10.5. The van der Waals surface area contributed by atoms with Crippen LogP contribution >= 0.6 is 27.5 Å². The average molecular weight is 368 g/mol. The molecule has 0 amide bonds. The summed E-state index contributed by atoms with van der Waals surface area (Å²) in [5.41, 5.74) is -0.448. The summed E-state index contributed by atoms with van der Waals surface area (Å²) in [6.45, 7) is 2.50. The van der Waals surface area contributed by atoms with Gasteiger partial charge in [0.1, 0.15) is 5.69 Å². The number of aromatic nitrogens is 1. The van der Waals surface area contributed by atoms with Crippen LogP contribution in [0.4, 0.5) is 18.9 Å². The minimum Gasteiger partial charge on any atom is -0.384 e. The molecule has 0 spiro atoms. The third kappa shape index (κ3) is 3.01. The molecule has 1 N–H and O–H groups in total. The number of nitrogens with zero attached hydrogens (tertiary/aromatic N) is 1. The molecule has 0 unspecified atom stereocenters. The second-order valence-electron chi connectivity index (χ2n) is 4.23. The zero-order chi connectivity index (χ0) is 14.9. The van der Waals surface area contributed by atoms with Crippen LogP contribution in [0.15, 0.2) is 22.7 Å². The SMILES string of the molecule is CCCNc1cc(C(F)(F)F)nc2c(Cl)ccc(Br)c12. The van der Waals surface area contributed by atoms with Gasteiger partial charge in [-0.1, -0.05) is 34.5 Å². The van der Waals surface area contributed by atoms with E-state index >= 15 is 0 Å². The van der Waals surface area contributed by atoms with Crippen molar-refractivity contribution in [2.24, 2.45) is 0 Å². The molecular formula is C13H11BrClF3N2. The molecule has 2 aromatic rings. The standard InChI is InChI=1S/C13H11BrClF3N2/c1-2-5-19-9-6-10(13(16,17)18)20-12-8(15)4-3-7(14)11(9)12/h3-4,6H,2,5H2,1H3,(H,19,20). The van der Waals surface area contributed by atoms with Crippen LogP contribution in [0.3, 0.4) is 0 Å². The lowest BCUT2D eigenvalue weighted by Gasteiger charge is -2.14. The number of fused-ring (bicyclic) bond motifs is 1. The Morgan fingerprint density at radius 1 is 1.35 bits per heavy atom. The van der Waals surface area contributed by atoms with Crippen molar-refractivity contribution < 1.29 is 13.2 Å². The van der Waals surface area contributed by atoms with Gasteiger partial charge >= 0.3 is 6.18 Å². The van der Waals surface area contributed by atoms with Crippen LogP contribution in [-0.2, 0) is 6.18 Å². The van der Waals surface area contributed by atoms with E-state index in [4.69, 9.17) is 11.6 Å². The van der Waals surface area contributed by atoms with E-state index in [1.54, 1.807) is 6.07 Å². The summed E-state index contributed by atoms with van der Waals surface area (Å²) in [4.78, 5) is 3.65. The van der Waals surface area contributed by atoms with Gasteiger partial charge in [-0.2, -0.15) is 13.2 Å². The van der Waals surface area contributed by atoms with Crippen molar-refractivity contribution in [2.45, 2.75) is 19.5 Å². The number of nitrogens with one attached hydrogen (secondary N) is 1. The number of benzene rings is 1. The zero-order valence-corrected chi connectivity index (χ0v) is 12.8. The van der Waals surface area contributed by atoms with Crippen LogP contribution in [0, 0.1) is 0 Å². The first-order valence-corrected chi connectivity index (χ1v) is 7.11. The van der Waals surface area contributed by atoms with Gasteiger partial charge in [-0.05, 0) is 24.6 Å². The van der Waals surface area contributed by atoms with E-state index in [2.05, 4.69) is 26.2 Å². The highest BCUT2D eigenvalue weighted by atomic mass is 79.9. The molecule has 0 saturated heterocycles. The van der Waals surface area contributed by atoms with Crippen molar-refractivity contribution in [1.29, 1.82) is 0 Å². The monoisotopic (exact) mass is 366 g/mol. The van der Waals surface area contributed by atoms with Crippen LogP contribution in [0.1, 0.15) is 19.0 Å². The topological polar surface area (TPSA) is 24.9 Å². The maximum atomic E-state index is 12.9. The van der Waals surface area contributed by atoms with Gasteiger partial charge in [-0.25, -0.2) is 4.98 Å². The first-order chi connectivity index (χ1) is 9.34. The first-order valence-electron chi connectivity index (χ1n) is 5.94. The van der Waals surface area contributed by atoms with Gasteiger partial charge in [0.2, 0.25) is 0 Å². The molecule has 7 heteroatoms. The predicted molar refractivity (Wildman–Crippen MR) is 78.2 cm³/mol. The molecular weight excluding hydrogens is 357 g/mol. The summed E-state index contributed by atoms with van der Waals surface area (Å²) in [5, 5.41) is 3.73. The summed E-state index contributed by atoms with van der Waals surface area (Å²) in [5.74, 6) is 0. The Kier molecular flexibility index (Phi) is 4.44. The maximum Gasteiger partial charge on any atom is 0.433 e. The second kappa shape index (κ2) is 5.77. The van der Waals surface area contributed by atoms with E-state index in [-0.39, 0.29) is 10.5 Å². The minimum absolute atomic E-state index is 0.134. The number of hydrogen-bond donors (Lipinski definition) is 1. The Bertz CT molecular complexity index is 644. The van der Waals surface area contributed by atoms with Gasteiger partial charge < -0.3 is 5.32 Å². The van der Waals surface area contributed by atoms with Crippen molar-refractivity contribution in [3.05, 3.63) is 33.4 Å². The van der Waals surface area contributed by atoms with E-state index in [9.17, 15) is 13.2 Å². The normalized spacial score (nSPS) is 11.9. The quantitative estimate of drug-likeness (QED) is 0.776. The molecule has 0 saturated carbocycles. The molecule has 0 aliphatic heterocycles. The molecule has 0 bridgehead atoms. The van der Waals surface area contributed by atoms with Gasteiger partial charge in [0, 0.05) is 22.1 Å². The number of anilines is 1. The number of hydrogen-bond acceptors (Lipinski definition) is 2. The fraction of sp³-hybridized carbons (Fsp3) is 0.308. The highest BCUT2D eigenvalue weighted by Crippen LogP contribution is 2.38. The lowest BCUT2D eigenvalue weighted by Crippen LogP contribution is -2.10. The molecule has 1 aromatic carbocycles. The summed E-state index contributed by atoms with van der Waals surface area (Å²) in [6, 6.07) is 4.22. The average Bonchev–Trinajstić information content (AvgIpc) is 2.39. The van der Waals surface area contributed by atoms with E-state index < -0.39 is 11.9 Å². The van der Waals surface area contributed by atoms with Crippen LogP contribution in [-0.4, -0.2) is 11.5 Å². The minimum atomic E-state index is -4.51. The van der Waals surface area contributed by atoms with E-state index in [0.29, 0.717) is 22.1 Å². The summed E-state index contributed by atoms with van der Waals surface area (Å²) in [7, 11) is 0. The highest BCUT2D eigenvalue weighted by molar-refractivity contribution is 9.10. The Hall–Kier alpha value is -1.01. The molecule has 0 aliphatic carbocycles. The number of halogens is 5. The Morgan fingerprint density at radius 3 is 2.65 bits per heavy atom. The number of alkyl halides is 3. The molecule has 1 aromatic heterocycles. The maximum absolute atomic E-state index is 12.9. The fourth-order valence-electron chi connectivity index (χ4n) is 1.81. The van der Waals surface area contributed by atoms with E-state index in [1.165, 1.54) is 6.07 Å². The third-order valence-corrected chi connectivity index (χ3v) is 3.68. The predicted octanol–water partition coefficient (Wildman–Crippen LogP) is 5.49. The third-order valence-electron chi connectivity index (χ3n) is 2.72. The van der Waals surface area contributed by atoms with Crippen LogP contribution in [0.5, 0.6) is 0 Å². The molecule has 0 atom stereocenters. The first kappa shape index (κ1) is 15.4. The number of pyridine rings is 1. The van der Waals surface area contributed by atoms with Gasteiger partial charge in [0.05, 0.1) is 10.5 Å². The highest BCUT2D eigenvalue weighted by Gasteiger charge is 2.33. The molecule has 20 heavy (non-hydrogen) atoms. The summed E-state index contributed by atoms with van der Waals surface area (Å²) < 4.78 is 39.4. The molecule has 108 valence electrons. The summed E-state index contributed by atoms with van der Waals surface area (Å²) in [6.07, 6.45) is -3.72. The Morgan fingerprint density at radius 2 is 2.05 bits per heavy atom. The van der Waals surface area contributed by atoms with Gasteiger partial charge in [0.25, 0.3) is 0 Å². The smallest absolute Gasteiger partial charge is 0.384 e. The van der Waals surface area contributed by atoms with E-state index in [0.717, 1.165) is 12.5 Å². The van der Waals surface area contributed by atoms with Crippen LogP contribution in [0.25, 0.3) is 10.9 Å². The summed E-state index contributed by atoms with van der Waals surface area (Å²) >= 11 is 9.31. The van der Waals surface area contributed by atoms with Crippen molar-refractivity contribution in [1.82, 2.24) is 4.98 Å². The van der Waals surface area contributed by atoms with Crippen molar-refractivity contribution >= 4 is 44.1 Å². The lowest BCUT2D eigenvalue weighted by atomic mass is 10.1. The number of rotatable bonds is 3. The Balaban J connectivity index is 2.74. The second-order valence-corrected chi connectivity index (χ2v) is 5.49. The van der Waals surface area contributed by atoms with Gasteiger partial charge in [-0.15, -0.1) is 0 Å². The van der Waals surface area contributed by atoms with Crippen LogP contribution < -0.4 is 5.32 Å². The molecule has 0 radical (unpaired) electrons. The molecule has 0 aliphatic rings. The molecule has 2 rings (SSSR count). The largest absolute Gasteiger partial charge is 0.433 e. The van der Waals surface area contributed by atoms with Crippen molar-refractivity contribution in [2.75, 3.05) is 11.9 Å².